The molecule has 0 radical (unpaired) electrons. The molecule has 0 N–H and O–H groups in total. The Labute approximate surface area is 85.5 Å². The minimum atomic E-state index is -3.77. The molecule has 0 saturated carbocycles. The number of rotatable bonds is 1. The van der Waals surface area contributed by atoms with Crippen molar-refractivity contribution in [1.82, 2.24) is 9.78 Å². The molecule has 0 atom stereocenters. The molecular formula is C8H7ClN2O2S. The van der Waals surface area contributed by atoms with Crippen LogP contribution in [0.1, 0.15) is 0 Å². The lowest BCUT2D eigenvalue weighted by Gasteiger charge is -1.90. The molecule has 0 fully saturated rings. The maximum atomic E-state index is 11.1. The molecule has 0 saturated heterocycles. The zero-order valence-electron chi connectivity index (χ0n) is 7.31. The molecule has 6 heteroatoms. The second-order valence-electron chi connectivity index (χ2n) is 2.88. The van der Waals surface area contributed by atoms with E-state index in [9.17, 15) is 8.42 Å². The molecule has 0 aliphatic carbocycles. The van der Waals surface area contributed by atoms with E-state index in [1.165, 1.54) is 4.68 Å². The first-order valence-corrected chi connectivity index (χ1v) is 6.17. The van der Waals surface area contributed by atoms with Crippen molar-refractivity contribution in [2.45, 2.75) is 5.03 Å². The summed E-state index contributed by atoms with van der Waals surface area (Å²) in [7, 11) is 3.15. The summed E-state index contributed by atoms with van der Waals surface area (Å²) in [6, 6.07) is 7.02. The van der Waals surface area contributed by atoms with Gasteiger partial charge in [0.25, 0.3) is 9.05 Å². The third-order valence-electron chi connectivity index (χ3n) is 1.95. The van der Waals surface area contributed by atoms with Crippen LogP contribution in [0.2, 0.25) is 0 Å². The molecule has 0 unspecified atom stereocenters. The first kappa shape index (κ1) is 9.48. The topological polar surface area (TPSA) is 52.0 Å². The molecule has 14 heavy (non-hydrogen) atoms. The van der Waals surface area contributed by atoms with E-state index < -0.39 is 9.05 Å². The molecular weight excluding hydrogens is 224 g/mol. The van der Waals surface area contributed by atoms with E-state index in [0.29, 0.717) is 5.39 Å². The Morgan fingerprint density at radius 1 is 1.36 bits per heavy atom. The summed E-state index contributed by atoms with van der Waals surface area (Å²) in [4.78, 5) is 0. The van der Waals surface area contributed by atoms with Crippen LogP contribution in [0.15, 0.2) is 29.3 Å². The van der Waals surface area contributed by atoms with Crippen molar-refractivity contribution in [2.24, 2.45) is 7.05 Å². The number of hydrogen-bond acceptors (Lipinski definition) is 3. The van der Waals surface area contributed by atoms with Gasteiger partial charge in [-0.25, -0.2) is 8.42 Å². The second kappa shape index (κ2) is 2.96. The molecule has 0 aliphatic rings. The summed E-state index contributed by atoms with van der Waals surface area (Å²) in [6.07, 6.45) is 0. The number of nitrogens with zero attached hydrogens (tertiary/aromatic N) is 2. The first-order valence-electron chi connectivity index (χ1n) is 3.86. The molecule has 1 aromatic heterocycles. The zero-order chi connectivity index (χ0) is 10.3. The van der Waals surface area contributed by atoms with Gasteiger partial charge in [0.1, 0.15) is 0 Å². The van der Waals surface area contributed by atoms with Gasteiger partial charge in [0.05, 0.1) is 5.52 Å². The minimum absolute atomic E-state index is 0.0859. The van der Waals surface area contributed by atoms with Crippen molar-refractivity contribution in [2.75, 3.05) is 0 Å². The fourth-order valence-corrected chi connectivity index (χ4v) is 2.36. The smallest absolute Gasteiger partial charge is 0.267 e. The van der Waals surface area contributed by atoms with Crippen LogP contribution in [-0.2, 0) is 16.1 Å². The Bertz CT molecular complexity index is 588. The van der Waals surface area contributed by atoms with E-state index >= 15 is 0 Å². The quantitative estimate of drug-likeness (QED) is 0.698. The maximum Gasteiger partial charge on any atom is 0.281 e. The molecule has 2 aromatic rings. The van der Waals surface area contributed by atoms with Crippen molar-refractivity contribution in [3.63, 3.8) is 0 Å². The van der Waals surface area contributed by atoms with Crippen LogP contribution in [0.4, 0.5) is 0 Å². The van der Waals surface area contributed by atoms with Crippen molar-refractivity contribution < 1.29 is 8.42 Å². The highest BCUT2D eigenvalue weighted by Gasteiger charge is 2.19. The predicted octanol–water partition coefficient (Wildman–Crippen LogP) is 1.50. The Morgan fingerprint density at radius 2 is 2.00 bits per heavy atom. The molecule has 1 aromatic carbocycles. The molecule has 0 spiro atoms. The van der Waals surface area contributed by atoms with Gasteiger partial charge in [-0.1, -0.05) is 12.1 Å². The number of benzene rings is 1. The summed E-state index contributed by atoms with van der Waals surface area (Å²) >= 11 is 0. The Balaban J connectivity index is 2.93. The molecule has 4 nitrogen and oxygen atoms in total. The molecule has 0 aliphatic heterocycles. The van der Waals surface area contributed by atoms with Gasteiger partial charge in [0.2, 0.25) is 0 Å². The summed E-state index contributed by atoms with van der Waals surface area (Å²) in [5, 5.41) is 4.32. The minimum Gasteiger partial charge on any atom is -0.267 e. The lowest BCUT2D eigenvalue weighted by molar-refractivity contribution is 0.603. The summed E-state index contributed by atoms with van der Waals surface area (Å²) in [6.45, 7) is 0. The van der Waals surface area contributed by atoms with Gasteiger partial charge in [-0.3, -0.25) is 4.68 Å². The molecule has 2 rings (SSSR count). The van der Waals surface area contributed by atoms with E-state index in [2.05, 4.69) is 5.10 Å². The lowest BCUT2D eigenvalue weighted by Crippen LogP contribution is -1.94. The zero-order valence-corrected chi connectivity index (χ0v) is 8.88. The maximum absolute atomic E-state index is 11.1. The first-order chi connectivity index (χ1) is 6.50. The van der Waals surface area contributed by atoms with Gasteiger partial charge in [-0.2, -0.15) is 5.10 Å². The summed E-state index contributed by atoms with van der Waals surface area (Å²) in [5.41, 5.74) is 0.742. The van der Waals surface area contributed by atoms with E-state index in [1.54, 1.807) is 25.2 Å². The Hall–Kier alpha value is -1.07. The number of halogens is 1. The van der Waals surface area contributed by atoms with Crippen LogP contribution >= 0.6 is 10.7 Å². The van der Waals surface area contributed by atoms with Crippen LogP contribution < -0.4 is 0 Å². The van der Waals surface area contributed by atoms with Gasteiger partial charge < -0.3 is 0 Å². The highest BCUT2D eigenvalue weighted by molar-refractivity contribution is 8.13. The van der Waals surface area contributed by atoms with Crippen LogP contribution in [-0.4, -0.2) is 18.2 Å². The van der Waals surface area contributed by atoms with Crippen molar-refractivity contribution >= 4 is 30.6 Å². The standard InChI is InChI=1S/C8H7ClN2O2S/c1-11-7-5-3-2-4-6(7)8(10-11)14(9,12)13/h2-5H,1H3. The molecule has 1 heterocycles. The van der Waals surface area contributed by atoms with E-state index in [-0.39, 0.29) is 5.03 Å². The average Bonchev–Trinajstić information content (AvgIpc) is 2.44. The number of fused-ring (bicyclic) bond motifs is 1. The van der Waals surface area contributed by atoms with Gasteiger partial charge >= 0.3 is 0 Å². The molecule has 0 amide bonds. The van der Waals surface area contributed by atoms with E-state index in [4.69, 9.17) is 10.7 Å². The Kier molecular flexibility index (Phi) is 2.01. The average molecular weight is 231 g/mol. The summed E-state index contributed by atoms with van der Waals surface area (Å²) in [5.74, 6) is 0. The summed E-state index contributed by atoms with van der Waals surface area (Å²) < 4.78 is 23.8. The van der Waals surface area contributed by atoms with E-state index in [0.717, 1.165) is 5.52 Å². The van der Waals surface area contributed by atoms with Gasteiger partial charge in [0.15, 0.2) is 5.03 Å². The third-order valence-corrected chi connectivity index (χ3v) is 3.16. The van der Waals surface area contributed by atoms with Crippen molar-refractivity contribution in [1.29, 1.82) is 0 Å². The fourth-order valence-electron chi connectivity index (χ4n) is 1.36. The number of aromatic nitrogens is 2. The monoisotopic (exact) mass is 230 g/mol. The second-order valence-corrected chi connectivity index (χ2v) is 5.36. The molecule has 74 valence electrons. The van der Waals surface area contributed by atoms with Crippen LogP contribution in [0.3, 0.4) is 0 Å². The van der Waals surface area contributed by atoms with E-state index in [1.807, 2.05) is 6.07 Å². The largest absolute Gasteiger partial charge is 0.281 e. The highest BCUT2D eigenvalue weighted by atomic mass is 35.7. The van der Waals surface area contributed by atoms with Crippen molar-refractivity contribution in [3.05, 3.63) is 24.3 Å². The lowest BCUT2D eigenvalue weighted by atomic mass is 10.3. The number of para-hydroxylation sites is 1. The SMILES string of the molecule is Cn1nc(S(=O)(=O)Cl)c2ccccc21. The van der Waals surface area contributed by atoms with Crippen molar-refractivity contribution in [3.8, 4) is 0 Å². The van der Waals surface area contributed by atoms with Gasteiger partial charge in [-0.05, 0) is 12.1 Å². The van der Waals surface area contributed by atoms with Crippen LogP contribution in [0, 0.1) is 0 Å². The number of aryl methyl sites for hydroxylation is 1. The van der Waals surface area contributed by atoms with Gasteiger partial charge in [0, 0.05) is 23.1 Å². The highest BCUT2D eigenvalue weighted by Crippen LogP contribution is 2.23. The third kappa shape index (κ3) is 1.38. The van der Waals surface area contributed by atoms with Crippen LogP contribution in [0.25, 0.3) is 10.9 Å². The fraction of sp³-hybridized carbons (Fsp3) is 0.125. The number of hydrogen-bond donors (Lipinski definition) is 0. The normalized spacial score (nSPS) is 12.1. The predicted molar refractivity (Wildman–Crippen MR) is 53.8 cm³/mol. The van der Waals surface area contributed by atoms with Crippen LogP contribution in [0.5, 0.6) is 0 Å². The van der Waals surface area contributed by atoms with Gasteiger partial charge in [-0.15, -0.1) is 0 Å². The molecule has 0 bridgehead atoms. The Morgan fingerprint density at radius 3 is 2.64 bits per heavy atom.